The molecule has 2 fully saturated rings. The zero-order valence-electron chi connectivity index (χ0n) is 16.6. The van der Waals surface area contributed by atoms with E-state index >= 15 is 0 Å². The average molecular weight is 389 g/mol. The number of esters is 2. The van der Waals surface area contributed by atoms with Gasteiger partial charge < -0.3 is 19.7 Å². The number of quaternary nitrogens is 1. The summed E-state index contributed by atoms with van der Waals surface area (Å²) in [5.41, 5.74) is 0.771. The van der Waals surface area contributed by atoms with Crippen LogP contribution in [0.1, 0.15) is 52.8 Å². The van der Waals surface area contributed by atoms with Gasteiger partial charge in [-0.15, -0.1) is 0 Å². The molecule has 1 aromatic rings. The van der Waals surface area contributed by atoms with Gasteiger partial charge in [-0.2, -0.15) is 0 Å². The van der Waals surface area contributed by atoms with Crippen molar-refractivity contribution in [3.63, 3.8) is 0 Å². The molecule has 3 rings (SSSR count). The number of rotatable bonds is 5. The van der Waals surface area contributed by atoms with Crippen LogP contribution in [0.25, 0.3) is 0 Å². The largest absolute Gasteiger partial charge is 0.465 e. The predicted octanol–water partition coefficient (Wildman–Crippen LogP) is 1.29. The summed E-state index contributed by atoms with van der Waals surface area (Å²) >= 11 is 0. The van der Waals surface area contributed by atoms with Gasteiger partial charge in [0, 0.05) is 11.6 Å². The minimum atomic E-state index is -0.578. The highest BCUT2D eigenvalue weighted by Gasteiger charge is 2.34. The number of nitrogens with one attached hydrogen (secondary N) is 2. The van der Waals surface area contributed by atoms with Gasteiger partial charge in [0.05, 0.1) is 38.4 Å². The van der Waals surface area contributed by atoms with Crippen molar-refractivity contribution < 1.29 is 28.8 Å². The number of amides is 1. The summed E-state index contributed by atoms with van der Waals surface area (Å²) in [5.74, 6) is 0.290. The van der Waals surface area contributed by atoms with Crippen LogP contribution < -0.4 is 10.2 Å². The summed E-state index contributed by atoms with van der Waals surface area (Å²) in [6.07, 6.45) is 6.45. The molecule has 1 unspecified atom stereocenters. The van der Waals surface area contributed by atoms with Crippen LogP contribution in [-0.4, -0.2) is 51.7 Å². The number of carbonyl (C=O) groups is 3. The van der Waals surface area contributed by atoms with E-state index in [1.165, 1.54) is 69.4 Å². The van der Waals surface area contributed by atoms with E-state index in [1.54, 1.807) is 0 Å². The number of hydrogen-bond donors (Lipinski definition) is 2. The van der Waals surface area contributed by atoms with E-state index in [2.05, 4.69) is 5.32 Å². The Morgan fingerprint density at radius 1 is 0.964 bits per heavy atom. The van der Waals surface area contributed by atoms with Crippen LogP contribution in [0, 0.1) is 11.8 Å². The highest BCUT2D eigenvalue weighted by Crippen LogP contribution is 2.32. The van der Waals surface area contributed by atoms with E-state index in [0.717, 1.165) is 24.9 Å². The van der Waals surface area contributed by atoms with Crippen LogP contribution >= 0.6 is 0 Å². The number of methoxy groups -OCH3 is 2. The number of benzene rings is 1. The molecule has 2 aliphatic rings. The quantitative estimate of drug-likeness (QED) is 0.742. The molecule has 1 heterocycles. The van der Waals surface area contributed by atoms with Crippen molar-refractivity contribution in [2.75, 3.05) is 39.2 Å². The predicted molar refractivity (Wildman–Crippen MR) is 103 cm³/mol. The van der Waals surface area contributed by atoms with Crippen LogP contribution in [0.3, 0.4) is 0 Å². The van der Waals surface area contributed by atoms with E-state index in [1.807, 2.05) is 0 Å². The number of piperidine rings is 1. The molecule has 0 bridgehead atoms. The smallest absolute Gasteiger partial charge is 0.337 e. The lowest BCUT2D eigenvalue weighted by molar-refractivity contribution is -0.902. The third-order valence-electron chi connectivity index (χ3n) is 5.96. The number of ether oxygens (including phenoxy) is 2. The molecular formula is C21H29N2O5+. The fraction of sp³-hybridized carbons (Fsp3) is 0.571. The van der Waals surface area contributed by atoms with Crippen molar-refractivity contribution >= 4 is 23.5 Å². The Hall–Kier alpha value is -2.41. The number of carbonyl (C=O) groups excluding carboxylic acids is 3. The van der Waals surface area contributed by atoms with Crippen molar-refractivity contribution in [3.05, 3.63) is 29.3 Å². The topological polar surface area (TPSA) is 86.1 Å². The van der Waals surface area contributed by atoms with Crippen LogP contribution in [0.2, 0.25) is 0 Å². The van der Waals surface area contributed by atoms with Crippen molar-refractivity contribution in [2.24, 2.45) is 11.8 Å². The number of hydrogen-bond acceptors (Lipinski definition) is 5. The fourth-order valence-electron chi connectivity index (χ4n) is 4.56. The zero-order chi connectivity index (χ0) is 20.1. The number of likely N-dealkylation sites (tertiary alicyclic amines) is 1. The molecular weight excluding hydrogens is 360 g/mol. The molecule has 1 aliphatic carbocycles. The maximum absolute atomic E-state index is 12.6. The van der Waals surface area contributed by atoms with Gasteiger partial charge in [-0.3, -0.25) is 4.79 Å². The van der Waals surface area contributed by atoms with Gasteiger partial charge in [0.25, 0.3) is 5.91 Å². The van der Waals surface area contributed by atoms with Crippen LogP contribution in [0.15, 0.2) is 18.2 Å². The second kappa shape index (κ2) is 9.19. The van der Waals surface area contributed by atoms with Gasteiger partial charge >= 0.3 is 11.9 Å². The molecule has 7 heteroatoms. The molecule has 28 heavy (non-hydrogen) atoms. The standard InChI is InChI=1S/C21H28N2O5/c1-27-20(25)16-9-17(21(26)28-2)11-18(10-16)22-19(24)13-23-8-7-14-5-3-4-6-15(14)12-23/h9-11,14-15H,3-8,12-13H2,1-2H3,(H,22,24)/p+1/t14-,15-/m1/s1. The molecule has 1 saturated heterocycles. The molecule has 0 radical (unpaired) electrons. The summed E-state index contributed by atoms with van der Waals surface area (Å²) in [4.78, 5) is 37.6. The monoisotopic (exact) mass is 389 g/mol. The molecule has 7 nitrogen and oxygen atoms in total. The highest BCUT2D eigenvalue weighted by atomic mass is 16.5. The van der Waals surface area contributed by atoms with Crippen molar-refractivity contribution in [1.82, 2.24) is 0 Å². The maximum atomic E-state index is 12.6. The third kappa shape index (κ3) is 4.90. The second-order valence-electron chi connectivity index (χ2n) is 7.80. The molecule has 152 valence electrons. The lowest BCUT2D eigenvalue weighted by Gasteiger charge is -2.38. The number of anilines is 1. The molecule has 1 aliphatic heterocycles. The summed E-state index contributed by atoms with van der Waals surface area (Å²) in [5, 5.41) is 2.82. The van der Waals surface area contributed by atoms with E-state index in [4.69, 9.17) is 9.47 Å². The van der Waals surface area contributed by atoms with Gasteiger partial charge in [0.2, 0.25) is 0 Å². The Kier molecular flexibility index (Phi) is 6.67. The van der Waals surface area contributed by atoms with Gasteiger partial charge in [-0.25, -0.2) is 9.59 Å². The van der Waals surface area contributed by atoms with Gasteiger partial charge in [-0.05, 0) is 43.4 Å². The zero-order valence-corrected chi connectivity index (χ0v) is 16.6. The SMILES string of the molecule is COC(=O)c1cc(NC(=O)C[NH+]2CC[C@H]3CCCC[C@@H]3C2)cc(C(=O)OC)c1. The molecule has 0 aromatic heterocycles. The minimum Gasteiger partial charge on any atom is -0.465 e. The summed E-state index contributed by atoms with van der Waals surface area (Å²) in [7, 11) is 2.54. The highest BCUT2D eigenvalue weighted by molar-refractivity contribution is 5.99. The van der Waals surface area contributed by atoms with Gasteiger partial charge in [0.15, 0.2) is 6.54 Å². The Morgan fingerprint density at radius 2 is 1.57 bits per heavy atom. The van der Waals surface area contributed by atoms with E-state index in [-0.39, 0.29) is 17.0 Å². The first-order chi connectivity index (χ1) is 13.5. The minimum absolute atomic E-state index is 0.123. The summed E-state index contributed by atoms with van der Waals surface area (Å²) in [6.45, 7) is 2.46. The molecule has 1 amide bonds. The molecule has 1 saturated carbocycles. The first-order valence-electron chi connectivity index (χ1n) is 9.95. The van der Waals surface area contributed by atoms with Crippen LogP contribution in [0.4, 0.5) is 5.69 Å². The van der Waals surface area contributed by atoms with E-state index in [0.29, 0.717) is 12.2 Å². The lowest BCUT2D eigenvalue weighted by atomic mass is 9.75. The Bertz CT molecular complexity index is 714. The molecule has 2 N–H and O–H groups in total. The summed E-state index contributed by atoms with van der Waals surface area (Å²) in [6, 6.07) is 4.42. The van der Waals surface area contributed by atoms with Gasteiger partial charge in [0.1, 0.15) is 0 Å². The van der Waals surface area contributed by atoms with Crippen molar-refractivity contribution in [1.29, 1.82) is 0 Å². The fourth-order valence-corrected chi connectivity index (χ4v) is 4.56. The van der Waals surface area contributed by atoms with Crippen LogP contribution in [0.5, 0.6) is 0 Å². The number of fused-ring (bicyclic) bond motifs is 1. The third-order valence-corrected chi connectivity index (χ3v) is 5.96. The molecule has 3 atom stereocenters. The van der Waals surface area contributed by atoms with Gasteiger partial charge in [-0.1, -0.05) is 12.8 Å². The Labute approximate surface area is 165 Å². The van der Waals surface area contributed by atoms with E-state index < -0.39 is 11.9 Å². The second-order valence-corrected chi connectivity index (χ2v) is 7.80. The van der Waals surface area contributed by atoms with E-state index in [9.17, 15) is 14.4 Å². The first-order valence-corrected chi connectivity index (χ1v) is 9.95. The Morgan fingerprint density at radius 3 is 2.18 bits per heavy atom. The van der Waals surface area contributed by atoms with Crippen molar-refractivity contribution in [2.45, 2.75) is 32.1 Å². The molecule has 1 aromatic carbocycles. The van der Waals surface area contributed by atoms with Crippen LogP contribution in [-0.2, 0) is 14.3 Å². The normalized spacial score (nSPS) is 24.0. The van der Waals surface area contributed by atoms with Crippen molar-refractivity contribution in [3.8, 4) is 0 Å². The maximum Gasteiger partial charge on any atom is 0.337 e. The first kappa shape index (κ1) is 20.3. The lowest BCUT2D eigenvalue weighted by Crippen LogP contribution is -3.15. The summed E-state index contributed by atoms with van der Waals surface area (Å²) < 4.78 is 9.46. The Balaban J connectivity index is 1.65. The molecule has 0 spiro atoms. The average Bonchev–Trinajstić information content (AvgIpc) is 2.72.